The summed E-state index contributed by atoms with van der Waals surface area (Å²) in [5, 5.41) is 8.96. The van der Waals surface area contributed by atoms with E-state index in [1.807, 2.05) is 36.9 Å². The van der Waals surface area contributed by atoms with Crippen molar-refractivity contribution in [1.82, 2.24) is 29.6 Å². The lowest BCUT2D eigenvalue weighted by molar-refractivity contribution is 0.0727. The third kappa shape index (κ3) is 3.18. The Morgan fingerprint density at radius 1 is 0.966 bits per heavy atom. The Labute approximate surface area is 170 Å². The van der Waals surface area contributed by atoms with Crippen LogP contribution in [0.15, 0.2) is 18.2 Å². The zero-order valence-electron chi connectivity index (χ0n) is 17.1. The minimum absolute atomic E-state index is 0.00313. The number of hydrogen-bond donors (Lipinski definition) is 0. The highest BCUT2D eigenvalue weighted by Gasteiger charge is 2.35. The Balaban J connectivity index is 1.47. The first-order chi connectivity index (χ1) is 14.1. The molecule has 1 aromatic carbocycles. The number of fused-ring (bicyclic) bond motifs is 2. The summed E-state index contributed by atoms with van der Waals surface area (Å²) in [5.41, 5.74) is 4.07. The van der Waals surface area contributed by atoms with Gasteiger partial charge in [0.2, 0.25) is 0 Å². The summed E-state index contributed by atoms with van der Waals surface area (Å²) >= 11 is 0. The van der Waals surface area contributed by atoms with Crippen LogP contribution in [0.5, 0.6) is 0 Å². The van der Waals surface area contributed by atoms with Crippen LogP contribution < -0.4 is 0 Å². The lowest BCUT2D eigenvalue weighted by Crippen LogP contribution is -2.32. The highest BCUT2D eigenvalue weighted by atomic mass is 16.2. The molecule has 7 heteroatoms. The van der Waals surface area contributed by atoms with Crippen LogP contribution in [-0.2, 0) is 13.0 Å². The van der Waals surface area contributed by atoms with Gasteiger partial charge >= 0.3 is 0 Å². The van der Waals surface area contributed by atoms with Gasteiger partial charge in [-0.3, -0.25) is 4.79 Å². The number of likely N-dealkylation sites (tertiary alicyclic amines) is 1. The molecule has 3 aromatic rings. The predicted molar refractivity (Wildman–Crippen MR) is 110 cm³/mol. The fourth-order valence-corrected chi connectivity index (χ4v) is 4.56. The van der Waals surface area contributed by atoms with E-state index in [0.717, 1.165) is 72.8 Å². The number of hydrogen-bond acceptors (Lipinski definition) is 5. The maximum atomic E-state index is 13.4. The molecule has 0 N–H and O–H groups in total. The summed E-state index contributed by atoms with van der Waals surface area (Å²) in [6, 6.07) is 5.64. The van der Waals surface area contributed by atoms with Crippen LogP contribution in [0.4, 0.5) is 0 Å². The van der Waals surface area contributed by atoms with E-state index in [0.29, 0.717) is 5.56 Å². The molecule has 7 nitrogen and oxygen atoms in total. The van der Waals surface area contributed by atoms with Gasteiger partial charge < -0.3 is 9.47 Å². The normalized spacial score (nSPS) is 19.4. The van der Waals surface area contributed by atoms with Crippen molar-refractivity contribution in [1.29, 1.82) is 0 Å². The van der Waals surface area contributed by atoms with E-state index in [4.69, 9.17) is 0 Å². The molecule has 2 aromatic heterocycles. The highest BCUT2D eigenvalue weighted by Crippen LogP contribution is 2.33. The maximum absolute atomic E-state index is 13.4. The fraction of sp³-hybridized carbons (Fsp3) is 0.500. The van der Waals surface area contributed by atoms with Crippen molar-refractivity contribution < 1.29 is 4.79 Å². The van der Waals surface area contributed by atoms with E-state index in [1.54, 1.807) is 0 Å². The number of aryl methyl sites for hydroxylation is 3. The first-order valence-electron chi connectivity index (χ1n) is 10.6. The van der Waals surface area contributed by atoms with Crippen LogP contribution in [0.2, 0.25) is 0 Å². The van der Waals surface area contributed by atoms with E-state index in [1.165, 1.54) is 12.8 Å². The van der Waals surface area contributed by atoms with Crippen molar-refractivity contribution in [3.05, 3.63) is 46.8 Å². The first-order valence-corrected chi connectivity index (χ1v) is 10.6. The number of rotatable bonds is 2. The summed E-state index contributed by atoms with van der Waals surface area (Å²) in [7, 11) is 0. The summed E-state index contributed by atoms with van der Waals surface area (Å²) in [4.78, 5) is 24.6. The second-order valence-corrected chi connectivity index (χ2v) is 8.19. The Bertz CT molecular complexity index is 1090. The monoisotopic (exact) mass is 390 g/mol. The predicted octanol–water partition coefficient (Wildman–Crippen LogP) is 3.54. The van der Waals surface area contributed by atoms with Crippen LogP contribution in [0.25, 0.3) is 11.0 Å². The molecule has 29 heavy (non-hydrogen) atoms. The van der Waals surface area contributed by atoms with E-state index < -0.39 is 0 Å². The average Bonchev–Trinajstić information content (AvgIpc) is 3.28. The molecule has 0 radical (unpaired) electrons. The van der Waals surface area contributed by atoms with Crippen LogP contribution in [0.3, 0.4) is 0 Å². The zero-order valence-corrected chi connectivity index (χ0v) is 17.1. The molecular formula is C22H26N6O. The Kier molecular flexibility index (Phi) is 4.53. The molecule has 0 aliphatic carbocycles. The van der Waals surface area contributed by atoms with Gasteiger partial charge in [0.15, 0.2) is 5.82 Å². The topological polar surface area (TPSA) is 76.8 Å². The van der Waals surface area contributed by atoms with Gasteiger partial charge in [0.1, 0.15) is 5.82 Å². The molecule has 1 fully saturated rings. The molecule has 1 saturated heterocycles. The van der Waals surface area contributed by atoms with Gasteiger partial charge in [-0.25, -0.2) is 9.97 Å². The van der Waals surface area contributed by atoms with Crippen LogP contribution in [0.1, 0.15) is 71.5 Å². The molecule has 4 heterocycles. The van der Waals surface area contributed by atoms with Crippen LogP contribution in [-0.4, -0.2) is 42.1 Å². The molecular weight excluding hydrogens is 364 g/mol. The molecule has 2 aliphatic heterocycles. The van der Waals surface area contributed by atoms with Gasteiger partial charge in [-0.15, -0.1) is 10.2 Å². The molecule has 1 amide bonds. The minimum atomic E-state index is 0.00313. The van der Waals surface area contributed by atoms with Gasteiger partial charge in [-0.2, -0.15) is 0 Å². The molecule has 1 atom stereocenters. The molecule has 2 aliphatic rings. The van der Waals surface area contributed by atoms with Gasteiger partial charge in [0, 0.05) is 25.1 Å². The van der Waals surface area contributed by atoms with Crippen molar-refractivity contribution in [2.45, 2.75) is 65.0 Å². The number of amides is 1. The number of aromatic nitrogens is 5. The number of benzene rings is 1. The van der Waals surface area contributed by atoms with E-state index >= 15 is 0 Å². The molecule has 0 spiro atoms. The van der Waals surface area contributed by atoms with Crippen LogP contribution in [0, 0.1) is 13.8 Å². The Morgan fingerprint density at radius 2 is 1.79 bits per heavy atom. The summed E-state index contributed by atoms with van der Waals surface area (Å²) in [5.74, 6) is 2.07. The summed E-state index contributed by atoms with van der Waals surface area (Å²) < 4.78 is 2.27. The second kappa shape index (κ2) is 7.21. The summed E-state index contributed by atoms with van der Waals surface area (Å²) in [6.07, 6.45) is 6.46. The lowest BCUT2D eigenvalue weighted by Gasteiger charge is -2.25. The molecule has 1 unspecified atom stereocenters. The minimum Gasteiger partial charge on any atom is -0.328 e. The van der Waals surface area contributed by atoms with E-state index in [2.05, 4.69) is 24.7 Å². The average molecular weight is 390 g/mol. The van der Waals surface area contributed by atoms with Crippen LogP contribution >= 0.6 is 0 Å². The maximum Gasteiger partial charge on any atom is 0.254 e. The molecule has 0 saturated carbocycles. The largest absolute Gasteiger partial charge is 0.328 e. The standard InChI is InChI=1S/C22H26N6O/c1-14-15(2)24-18-13-16(9-10-17(18)23-14)22(29)27-12-6-7-19(27)21-26-25-20-8-4-3-5-11-28(20)21/h9-10,13,19H,3-8,11-12H2,1-2H3. The number of carbonyl (C=O) groups is 1. The number of nitrogens with zero attached hydrogens (tertiary/aromatic N) is 6. The fourth-order valence-electron chi connectivity index (χ4n) is 4.56. The smallest absolute Gasteiger partial charge is 0.254 e. The quantitative estimate of drug-likeness (QED) is 0.669. The Morgan fingerprint density at radius 3 is 2.66 bits per heavy atom. The van der Waals surface area contributed by atoms with Gasteiger partial charge in [0.05, 0.1) is 28.5 Å². The highest BCUT2D eigenvalue weighted by molar-refractivity contribution is 5.97. The number of carbonyl (C=O) groups excluding carboxylic acids is 1. The summed E-state index contributed by atoms with van der Waals surface area (Å²) in [6.45, 7) is 5.61. The van der Waals surface area contributed by atoms with Crippen molar-refractivity contribution in [3.63, 3.8) is 0 Å². The van der Waals surface area contributed by atoms with Crippen molar-refractivity contribution in [2.24, 2.45) is 0 Å². The van der Waals surface area contributed by atoms with Gasteiger partial charge in [0.25, 0.3) is 5.91 Å². The third-order valence-electron chi connectivity index (χ3n) is 6.27. The molecule has 0 bridgehead atoms. The first kappa shape index (κ1) is 18.2. The lowest BCUT2D eigenvalue weighted by atomic mass is 10.1. The van der Waals surface area contributed by atoms with Crippen molar-refractivity contribution in [2.75, 3.05) is 6.54 Å². The van der Waals surface area contributed by atoms with Crippen molar-refractivity contribution >= 4 is 16.9 Å². The SMILES string of the molecule is Cc1nc2ccc(C(=O)N3CCCC3c3nnc4n3CCCCC4)cc2nc1C. The van der Waals surface area contributed by atoms with Gasteiger partial charge in [-0.1, -0.05) is 6.42 Å². The second-order valence-electron chi connectivity index (χ2n) is 8.19. The van der Waals surface area contributed by atoms with E-state index in [-0.39, 0.29) is 11.9 Å². The van der Waals surface area contributed by atoms with E-state index in [9.17, 15) is 4.79 Å². The van der Waals surface area contributed by atoms with Gasteiger partial charge in [-0.05, 0) is 57.7 Å². The Hall–Kier alpha value is -2.83. The molecule has 5 rings (SSSR count). The zero-order chi connectivity index (χ0) is 20.0. The third-order valence-corrected chi connectivity index (χ3v) is 6.27. The molecule has 150 valence electrons. The van der Waals surface area contributed by atoms with Crippen molar-refractivity contribution in [3.8, 4) is 0 Å².